The molecule has 0 N–H and O–H groups in total. The first kappa shape index (κ1) is 26.2. The van der Waals surface area contributed by atoms with Gasteiger partial charge in [0.2, 0.25) is 5.91 Å². The fourth-order valence-electron chi connectivity index (χ4n) is 4.05. The van der Waals surface area contributed by atoms with Crippen molar-refractivity contribution in [2.45, 2.75) is 11.3 Å². The average molecular weight is 533 g/mol. The summed E-state index contributed by atoms with van der Waals surface area (Å²) in [6, 6.07) is 13.9. The third-order valence-electron chi connectivity index (χ3n) is 6.01. The predicted molar refractivity (Wildman–Crippen MR) is 133 cm³/mol. The van der Waals surface area contributed by atoms with E-state index >= 15 is 0 Å². The van der Waals surface area contributed by atoms with Gasteiger partial charge in [0.25, 0.3) is 0 Å². The van der Waals surface area contributed by atoms with Gasteiger partial charge in [-0.2, -0.15) is 8.42 Å². The molecule has 0 atom stereocenters. The number of ether oxygens (including phenoxy) is 2. The van der Waals surface area contributed by atoms with Crippen LogP contribution in [-0.2, 0) is 21.3 Å². The Balaban J connectivity index is 1.33. The normalized spacial score (nSPS) is 13.8. The minimum atomic E-state index is -4.46. The van der Waals surface area contributed by atoms with E-state index in [9.17, 15) is 22.0 Å². The van der Waals surface area contributed by atoms with Crippen LogP contribution in [0.1, 0.15) is 5.56 Å². The number of hydrogen-bond donors (Lipinski definition) is 0. The lowest BCUT2D eigenvalue weighted by molar-refractivity contribution is -0.130. The number of amides is 1. The molecule has 3 aromatic carbocycles. The molecule has 1 amide bonds. The number of methoxy groups -OCH3 is 2. The summed E-state index contributed by atoms with van der Waals surface area (Å²) in [6.45, 7) is 2.25. The molecule has 1 heterocycles. The number of anilines is 1. The van der Waals surface area contributed by atoms with Crippen molar-refractivity contribution in [3.8, 4) is 17.2 Å². The molecule has 1 aliphatic heterocycles. The monoisotopic (exact) mass is 532 g/mol. The van der Waals surface area contributed by atoms with Gasteiger partial charge in [-0.05, 0) is 54.1 Å². The average Bonchev–Trinajstić information content (AvgIpc) is 2.88. The van der Waals surface area contributed by atoms with Crippen molar-refractivity contribution in [2.24, 2.45) is 0 Å². The van der Waals surface area contributed by atoms with E-state index in [0.717, 1.165) is 23.4 Å². The fraction of sp³-hybridized carbons (Fsp3) is 0.269. The SMILES string of the molecule is COc1ccc(CC(=O)N2CCN(c3ccc(OS(=O)(=O)c4ccc(F)cc4F)cc3)CC2)cc1OC. The number of carbonyl (C=O) groups is 1. The van der Waals surface area contributed by atoms with E-state index in [1.165, 1.54) is 12.1 Å². The molecule has 4 rings (SSSR count). The second kappa shape index (κ2) is 11.0. The van der Waals surface area contributed by atoms with Crippen molar-refractivity contribution in [3.63, 3.8) is 0 Å². The highest BCUT2D eigenvalue weighted by Crippen LogP contribution is 2.28. The molecule has 37 heavy (non-hydrogen) atoms. The van der Waals surface area contributed by atoms with E-state index in [1.807, 2.05) is 6.07 Å². The Morgan fingerprint density at radius 2 is 1.54 bits per heavy atom. The molecule has 196 valence electrons. The minimum Gasteiger partial charge on any atom is -0.493 e. The van der Waals surface area contributed by atoms with Gasteiger partial charge in [-0.3, -0.25) is 4.79 Å². The zero-order chi connectivity index (χ0) is 26.6. The van der Waals surface area contributed by atoms with Crippen LogP contribution >= 0.6 is 0 Å². The molecule has 0 unspecified atom stereocenters. The standard InChI is InChI=1S/C26H26F2N2O6S/c1-34-23-9-3-18(15-24(23)35-2)16-26(31)30-13-11-29(12-14-30)20-5-7-21(8-6-20)36-37(32,33)25-10-4-19(27)17-22(25)28/h3-10,15,17H,11-14,16H2,1-2H3. The fourth-order valence-corrected chi connectivity index (χ4v) is 5.04. The molecule has 1 saturated heterocycles. The highest BCUT2D eigenvalue weighted by atomic mass is 32.2. The maximum Gasteiger partial charge on any atom is 0.342 e. The van der Waals surface area contributed by atoms with Crippen LogP contribution in [0.25, 0.3) is 0 Å². The van der Waals surface area contributed by atoms with Gasteiger partial charge in [-0.15, -0.1) is 0 Å². The number of hydrogen-bond acceptors (Lipinski definition) is 7. The Labute approximate surface area is 214 Å². The van der Waals surface area contributed by atoms with Gasteiger partial charge >= 0.3 is 10.1 Å². The number of benzene rings is 3. The van der Waals surface area contributed by atoms with Crippen molar-refractivity contribution < 1.29 is 35.6 Å². The number of piperazine rings is 1. The Morgan fingerprint density at radius 3 is 2.16 bits per heavy atom. The van der Waals surface area contributed by atoms with Gasteiger partial charge in [0.1, 0.15) is 22.3 Å². The van der Waals surface area contributed by atoms with Gasteiger partial charge in [-0.1, -0.05) is 6.07 Å². The summed E-state index contributed by atoms with van der Waals surface area (Å²) >= 11 is 0. The quantitative estimate of drug-likeness (QED) is 0.410. The first-order valence-electron chi connectivity index (χ1n) is 11.4. The van der Waals surface area contributed by atoms with Crippen LogP contribution < -0.4 is 18.6 Å². The summed E-state index contributed by atoms with van der Waals surface area (Å²) in [5.41, 5.74) is 1.65. The molecule has 0 spiro atoms. The molecular weight excluding hydrogens is 506 g/mol. The highest BCUT2D eigenvalue weighted by molar-refractivity contribution is 7.87. The topological polar surface area (TPSA) is 85.4 Å². The Kier molecular flexibility index (Phi) is 7.82. The van der Waals surface area contributed by atoms with Crippen molar-refractivity contribution in [3.05, 3.63) is 77.9 Å². The van der Waals surface area contributed by atoms with Crippen LogP contribution in [0.15, 0.2) is 65.6 Å². The van der Waals surface area contributed by atoms with Crippen LogP contribution in [0.2, 0.25) is 0 Å². The van der Waals surface area contributed by atoms with Crippen molar-refractivity contribution in [1.82, 2.24) is 4.90 Å². The van der Waals surface area contributed by atoms with E-state index in [0.29, 0.717) is 43.7 Å². The predicted octanol–water partition coefficient (Wildman–Crippen LogP) is 3.64. The minimum absolute atomic E-state index is 0.00351. The molecule has 8 nitrogen and oxygen atoms in total. The lowest BCUT2D eigenvalue weighted by atomic mass is 10.1. The maximum atomic E-state index is 13.9. The zero-order valence-electron chi connectivity index (χ0n) is 20.3. The van der Waals surface area contributed by atoms with Gasteiger partial charge in [-0.25, -0.2) is 8.78 Å². The Morgan fingerprint density at radius 1 is 0.865 bits per heavy atom. The summed E-state index contributed by atoms with van der Waals surface area (Å²) < 4.78 is 67.3. The molecule has 3 aromatic rings. The molecule has 0 aliphatic carbocycles. The van der Waals surface area contributed by atoms with Crippen LogP contribution in [-0.4, -0.2) is 59.6 Å². The summed E-state index contributed by atoms with van der Waals surface area (Å²) in [7, 11) is -1.36. The van der Waals surface area contributed by atoms with Crippen molar-refractivity contribution >= 4 is 21.7 Å². The van der Waals surface area contributed by atoms with E-state index in [4.69, 9.17) is 13.7 Å². The lowest BCUT2D eigenvalue weighted by Gasteiger charge is -2.36. The van der Waals surface area contributed by atoms with Crippen LogP contribution in [0.4, 0.5) is 14.5 Å². The van der Waals surface area contributed by atoms with E-state index in [2.05, 4.69) is 4.90 Å². The summed E-state index contributed by atoms with van der Waals surface area (Å²) in [5, 5.41) is 0. The number of halogens is 2. The number of carbonyl (C=O) groups excluding carboxylic acids is 1. The summed E-state index contributed by atoms with van der Waals surface area (Å²) in [6.07, 6.45) is 0.246. The van der Waals surface area contributed by atoms with E-state index in [1.54, 1.807) is 43.4 Å². The Hall–Kier alpha value is -3.86. The molecule has 0 aromatic heterocycles. The molecular formula is C26H26F2N2O6S. The molecule has 1 fully saturated rings. The second-order valence-electron chi connectivity index (χ2n) is 8.34. The first-order valence-corrected chi connectivity index (χ1v) is 12.8. The molecule has 0 saturated carbocycles. The number of rotatable bonds is 8. The van der Waals surface area contributed by atoms with Crippen LogP contribution in [0, 0.1) is 11.6 Å². The smallest absolute Gasteiger partial charge is 0.342 e. The third-order valence-corrected chi connectivity index (χ3v) is 7.29. The van der Waals surface area contributed by atoms with Crippen molar-refractivity contribution in [1.29, 1.82) is 0 Å². The lowest BCUT2D eigenvalue weighted by Crippen LogP contribution is -2.49. The molecule has 1 aliphatic rings. The van der Waals surface area contributed by atoms with Crippen LogP contribution in [0.3, 0.4) is 0 Å². The second-order valence-corrected chi connectivity index (χ2v) is 9.85. The molecule has 0 radical (unpaired) electrons. The highest BCUT2D eigenvalue weighted by Gasteiger charge is 2.24. The summed E-state index contributed by atoms with van der Waals surface area (Å²) in [5.74, 6) is -0.937. The first-order chi connectivity index (χ1) is 17.7. The van der Waals surface area contributed by atoms with Gasteiger partial charge in [0.15, 0.2) is 11.5 Å². The molecule has 0 bridgehead atoms. The van der Waals surface area contributed by atoms with Gasteiger partial charge in [0.05, 0.1) is 20.6 Å². The van der Waals surface area contributed by atoms with Gasteiger partial charge in [0, 0.05) is 37.9 Å². The van der Waals surface area contributed by atoms with E-state index in [-0.39, 0.29) is 18.1 Å². The summed E-state index contributed by atoms with van der Waals surface area (Å²) in [4.78, 5) is 15.9. The van der Waals surface area contributed by atoms with Crippen LogP contribution in [0.5, 0.6) is 17.2 Å². The zero-order valence-corrected chi connectivity index (χ0v) is 21.1. The maximum absolute atomic E-state index is 13.9. The number of nitrogens with zero attached hydrogens (tertiary/aromatic N) is 2. The Bertz CT molecular complexity index is 1370. The largest absolute Gasteiger partial charge is 0.493 e. The van der Waals surface area contributed by atoms with Gasteiger partial charge < -0.3 is 23.5 Å². The van der Waals surface area contributed by atoms with E-state index < -0.39 is 26.6 Å². The molecule has 11 heteroatoms. The third kappa shape index (κ3) is 6.11. The van der Waals surface area contributed by atoms with Crippen molar-refractivity contribution in [2.75, 3.05) is 45.3 Å².